The predicted octanol–water partition coefficient (Wildman–Crippen LogP) is 1.94. The van der Waals surface area contributed by atoms with Crippen LogP contribution in [0.2, 0.25) is 0 Å². The molecule has 0 spiro atoms. The van der Waals surface area contributed by atoms with E-state index in [0.717, 1.165) is 52.0 Å². The van der Waals surface area contributed by atoms with E-state index in [0.29, 0.717) is 13.1 Å². The quantitative estimate of drug-likeness (QED) is 0.778. The molecule has 0 bridgehead atoms. The van der Waals surface area contributed by atoms with Crippen molar-refractivity contribution in [3.63, 3.8) is 0 Å². The molecule has 2 aliphatic heterocycles. The number of hydrogen-bond acceptors (Lipinski definition) is 5. The zero-order chi connectivity index (χ0) is 19.2. The SMILES string of the molecule is CCN1CCN(C(c2cccs2)C(C)NC(=O)C(=O)N2CCCCC2)CC1. The maximum Gasteiger partial charge on any atom is 0.311 e. The summed E-state index contributed by atoms with van der Waals surface area (Å²) in [4.78, 5) is 32.9. The maximum atomic E-state index is 12.6. The monoisotopic (exact) mass is 392 g/mol. The first-order valence-electron chi connectivity index (χ1n) is 10.2. The average molecular weight is 393 g/mol. The number of likely N-dealkylation sites (tertiary alicyclic amines) is 1. The molecular formula is C20H32N4O2S. The molecular weight excluding hydrogens is 360 g/mol. The van der Waals surface area contributed by atoms with E-state index in [4.69, 9.17) is 0 Å². The Balaban J connectivity index is 1.65. The van der Waals surface area contributed by atoms with Crippen LogP contribution in [0.25, 0.3) is 0 Å². The molecule has 1 aromatic rings. The second-order valence-electron chi connectivity index (χ2n) is 7.55. The van der Waals surface area contributed by atoms with Crippen molar-refractivity contribution in [2.75, 3.05) is 45.8 Å². The van der Waals surface area contributed by atoms with Gasteiger partial charge in [0.2, 0.25) is 0 Å². The Morgan fingerprint density at radius 3 is 2.41 bits per heavy atom. The van der Waals surface area contributed by atoms with E-state index in [9.17, 15) is 9.59 Å². The van der Waals surface area contributed by atoms with Gasteiger partial charge in [-0.2, -0.15) is 0 Å². The van der Waals surface area contributed by atoms with Crippen molar-refractivity contribution in [3.8, 4) is 0 Å². The first-order valence-corrected chi connectivity index (χ1v) is 11.1. The van der Waals surface area contributed by atoms with Gasteiger partial charge in [0.05, 0.1) is 6.04 Å². The van der Waals surface area contributed by atoms with Gasteiger partial charge in [-0.05, 0) is 44.2 Å². The number of carbonyl (C=O) groups is 2. The van der Waals surface area contributed by atoms with Crippen LogP contribution in [0.5, 0.6) is 0 Å². The molecule has 3 rings (SSSR count). The lowest BCUT2D eigenvalue weighted by Gasteiger charge is -2.41. The number of piperazine rings is 1. The number of nitrogens with zero attached hydrogens (tertiary/aromatic N) is 3. The van der Waals surface area contributed by atoms with E-state index in [-0.39, 0.29) is 18.0 Å². The summed E-state index contributed by atoms with van der Waals surface area (Å²) in [6.45, 7) is 10.8. The normalized spacial score (nSPS) is 21.6. The van der Waals surface area contributed by atoms with Crippen molar-refractivity contribution in [2.24, 2.45) is 0 Å². The van der Waals surface area contributed by atoms with Gasteiger partial charge in [-0.3, -0.25) is 14.5 Å². The lowest BCUT2D eigenvalue weighted by Crippen LogP contribution is -2.54. The van der Waals surface area contributed by atoms with Crippen LogP contribution in [0.1, 0.15) is 44.0 Å². The summed E-state index contributed by atoms with van der Waals surface area (Å²) in [5.41, 5.74) is 0. The fraction of sp³-hybridized carbons (Fsp3) is 0.700. The van der Waals surface area contributed by atoms with Crippen molar-refractivity contribution in [1.82, 2.24) is 20.0 Å². The van der Waals surface area contributed by atoms with Crippen molar-refractivity contribution in [1.29, 1.82) is 0 Å². The molecule has 0 radical (unpaired) electrons. The molecule has 1 N–H and O–H groups in total. The minimum absolute atomic E-state index is 0.113. The summed E-state index contributed by atoms with van der Waals surface area (Å²) in [6, 6.07) is 4.19. The molecule has 0 aromatic carbocycles. The third-order valence-corrected chi connectivity index (χ3v) is 6.70. The topological polar surface area (TPSA) is 55.9 Å². The molecule has 2 unspecified atom stereocenters. The van der Waals surface area contributed by atoms with Gasteiger partial charge in [0.25, 0.3) is 0 Å². The molecule has 2 amide bonds. The Hall–Kier alpha value is -1.44. The fourth-order valence-electron chi connectivity index (χ4n) is 4.15. The van der Waals surface area contributed by atoms with Gasteiger partial charge in [0.1, 0.15) is 0 Å². The predicted molar refractivity (Wildman–Crippen MR) is 109 cm³/mol. The Morgan fingerprint density at radius 1 is 1.11 bits per heavy atom. The van der Waals surface area contributed by atoms with Crippen LogP contribution in [0, 0.1) is 0 Å². The Morgan fingerprint density at radius 2 is 1.81 bits per heavy atom. The molecule has 2 aliphatic rings. The first kappa shape index (κ1) is 20.3. The minimum atomic E-state index is -0.460. The summed E-state index contributed by atoms with van der Waals surface area (Å²) in [5.74, 6) is -0.833. The molecule has 2 atom stereocenters. The molecule has 0 saturated carbocycles. The second-order valence-corrected chi connectivity index (χ2v) is 8.52. The smallest absolute Gasteiger partial charge is 0.311 e. The van der Waals surface area contributed by atoms with E-state index in [1.165, 1.54) is 4.88 Å². The lowest BCUT2D eigenvalue weighted by molar-refractivity contribution is -0.147. The van der Waals surface area contributed by atoms with Crippen molar-refractivity contribution < 1.29 is 9.59 Å². The van der Waals surface area contributed by atoms with E-state index < -0.39 is 5.91 Å². The number of hydrogen-bond donors (Lipinski definition) is 1. The van der Waals surface area contributed by atoms with Gasteiger partial charge in [0, 0.05) is 50.2 Å². The second kappa shape index (κ2) is 9.66. The summed E-state index contributed by atoms with van der Waals surface area (Å²) in [7, 11) is 0. The zero-order valence-electron chi connectivity index (χ0n) is 16.5. The Labute approximate surface area is 166 Å². The van der Waals surface area contributed by atoms with Gasteiger partial charge < -0.3 is 15.1 Å². The summed E-state index contributed by atoms with van der Waals surface area (Å²) < 4.78 is 0. The van der Waals surface area contributed by atoms with Crippen LogP contribution in [0.15, 0.2) is 17.5 Å². The number of carbonyl (C=O) groups excluding carboxylic acids is 2. The standard InChI is InChI=1S/C20H32N4O2S/c1-3-22-11-13-23(14-12-22)18(17-8-7-15-27-17)16(2)21-19(25)20(26)24-9-5-4-6-10-24/h7-8,15-16,18H,3-6,9-14H2,1-2H3,(H,21,25). The van der Waals surface area contributed by atoms with Crippen molar-refractivity contribution in [3.05, 3.63) is 22.4 Å². The van der Waals surface area contributed by atoms with E-state index in [1.807, 2.05) is 6.92 Å². The van der Waals surface area contributed by atoms with Crippen LogP contribution in [-0.2, 0) is 9.59 Å². The minimum Gasteiger partial charge on any atom is -0.343 e. The van der Waals surface area contributed by atoms with Crippen LogP contribution >= 0.6 is 11.3 Å². The summed E-state index contributed by atoms with van der Waals surface area (Å²) in [6.07, 6.45) is 3.13. The molecule has 27 heavy (non-hydrogen) atoms. The molecule has 6 nitrogen and oxygen atoms in total. The maximum absolute atomic E-state index is 12.6. The molecule has 150 valence electrons. The van der Waals surface area contributed by atoms with E-state index in [2.05, 4.69) is 39.6 Å². The first-order chi connectivity index (χ1) is 13.1. The van der Waals surface area contributed by atoms with Crippen molar-refractivity contribution >= 4 is 23.2 Å². The molecule has 7 heteroatoms. The van der Waals surface area contributed by atoms with Gasteiger partial charge >= 0.3 is 11.8 Å². The molecule has 2 fully saturated rings. The fourth-order valence-corrected chi connectivity index (χ4v) is 5.11. The number of rotatable bonds is 5. The van der Waals surface area contributed by atoms with Crippen LogP contribution in [0.4, 0.5) is 0 Å². The highest BCUT2D eigenvalue weighted by Crippen LogP contribution is 2.29. The number of piperidine rings is 1. The van der Waals surface area contributed by atoms with Gasteiger partial charge in [-0.15, -0.1) is 11.3 Å². The highest BCUT2D eigenvalue weighted by Gasteiger charge is 2.32. The van der Waals surface area contributed by atoms with Gasteiger partial charge in [0.15, 0.2) is 0 Å². The summed E-state index contributed by atoms with van der Waals surface area (Å²) >= 11 is 1.72. The van der Waals surface area contributed by atoms with E-state index >= 15 is 0 Å². The number of amides is 2. The average Bonchev–Trinajstić information content (AvgIpc) is 3.23. The van der Waals surface area contributed by atoms with E-state index in [1.54, 1.807) is 16.2 Å². The Kier molecular flexibility index (Phi) is 7.26. The number of nitrogens with one attached hydrogen (secondary N) is 1. The van der Waals surface area contributed by atoms with Crippen molar-refractivity contribution in [2.45, 2.75) is 45.2 Å². The molecule has 3 heterocycles. The molecule has 1 aromatic heterocycles. The molecule has 2 saturated heterocycles. The summed E-state index contributed by atoms with van der Waals surface area (Å²) in [5, 5.41) is 5.09. The number of likely N-dealkylation sites (N-methyl/N-ethyl adjacent to an activating group) is 1. The lowest BCUT2D eigenvalue weighted by atomic mass is 10.0. The van der Waals surface area contributed by atoms with Crippen LogP contribution < -0.4 is 5.32 Å². The van der Waals surface area contributed by atoms with Gasteiger partial charge in [-0.25, -0.2) is 0 Å². The third kappa shape index (κ3) is 5.09. The van der Waals surface area contributed by atoms with Crippen LogP contribution in [-0.4, -0.2) is 78.4 Å². The van der Waals surface area contributed by atoms with Gasteiger partial charge in [-0.1, -0.05) is 13.0 Å². The third-order valence-electron chi connectivity index (χ3n) is 5.75. The molecule has 0 aliphatic carbocycles. The zero-order valence-corrected chi connectivity index (χ0v) is 17.3. The highest BCUT2D eigenvalue weighted by atomic mass is 32.1. The number of thiophene rings is 1. The largest absolute Gasteiger partial charge is 0.343 e. The Bertz CT molecular complexity index is 608. The highest BCUT2D eigenvalue weighted by molar-refractivity contribution is 7.10. The van der Waals surface area contributed by atoms with Crippen LogP contribution in [0.3, 0.4) is 0 Å².